The first-order chi connectivity index (χ1) is 11.8. The number of rotatable bonds is 4. The minimum absolute atomic E-state index is 0.714. The fourth-order valence-corrected chi connectivity index (χ4v) is 4.82. The molecule has 0 bridgehead atoms. The molecule has 0 radical (unpaired) electrons. The normalized spacial score (nSPS) is 11.4. The molecule has 4 aromatic carbocycles. The van der Waals surface area contributed by atoms with E-state index in [9.17, 15) is 0 Å². The third kappa shape index (κ3) is 2.94. The van der Waals surface area contributed by atoms with E-state index in [0.717, 1.165) is 0 Å². The summed E-state index contributed by atoms with van der Waals surface area (Å²) < 4.78 is 6.18. The molecule has 0 saturated heterocycles. The summed E-state index contributed by atoms with van der Waals surface area (Å²) in [5.74, 6) is 0. The molecule has 0 aromatic heterocycles. The first-order valence-electron chi connectivity index (χ1n) is 8.26. The molecule has 0 heterocycles. The van der Waals surface area contributed by atoms with Crippen molar-refractivity contribution in [1.29, 1.82) is 0 Å². The molecule has 0 aliphatic carbocycles. The summed E-state index contributed by atoms with van der Waals surface area (Å²) in [4.78, 5) is 0. The Morgan fingerprint density at radius 2 is 1.08 bits per heavy atom. The maximum atomic E-state index is 6.18. The number of benzene rings is 4. The second kappa shape index (κ2) is 6.73. The highest BCUT2D eigenvalue weighted by atomic mass is 31.1. The Hall–Kier alpha value is -2.21. The zero-order valence-electron chi connectivity index (χ0n) is 13.6. The second-order valence-corrected chi connectivity index (χ2v) is 7.65. The van der Waals surface area contributed by atoms with Crippen LogP contribution in [0.15, 0.2) is 84.9 Å². The third-order valence-electron chi connectivity index (χ3n) is 4.19. The van der Waals surface area contributed by atoms with Gasteiger partial charge in [0.05, 0.1) is 8.15 Å². The number of hydrogen-bond donors (Lipinski definition) is 0. The van der Waals surface area contributed by atoms with Crippen LogP contribution in [0, 0.1) is 0 Å². The molecule has 0 saturated carbocycles. The molecule has 0 aliphatic rings. The van der Waals surface area contributed by atoms with E-state index >= 15 is 0 Å². The molecule has 1 nitrogen and oxygen atoms in total. The van der Waals surface area contributed by atoms with Crippen molar-refractivity contribution < 1.29 is 4.52 Å². The molecule has 0 atom stereocenters. The molecule has 4 aromatic rings. The van der Waals surface area contributed by atoms with Gasteiger partial charge in [-0.3, -0.25) is 0 Å². The fourth-order valence-electron chi connectivity index (χ4n) is 3.03. The van der Waals surface area contributed by atoms with Gasteiger partial charge in [0, 0.05) is 17.2 Å². The first kappa shape index (κ1) is 15.3. The minimum Gasteiger partial charge on any atom is -0.350 e. The maximum absolute atomic E-state index is 6.18. The molecule has 24 heavy (non-hydrogen) atoms. The average Bonchev–Trinajstić information content (AvgIpc) is 2.65. The Kier molecular flexibility index (Phi) is 4.30. The Bertz CT molecular complexity index is 914. The van der Waals surface area contributed by atoms with Gasteiger partial charge in [0.2, 0.25) is 0 Å². The predicted molar refractivity (Wildman–Crippen MR) is 106 cm³/mol. The van der Waals surface area contributed by atoms with Crippen LogP contribution in [0.25, 0.3) is 21.5 Å². The molecule has 0 N–H and O–H groups in total. The van der Waals surface area contributed by atoms with Gasteiger partial charge in [-0.15, -0.1) is 0 Å². The van der Waals surface area contributed by atoms with Crippen LogP contribution in [0.1, 0.15) is 6.92 Å². The highest BCUT2D eigenvalue weighted by Gasteiger charge is 2.15. The Balaban J connectivity index is 1.81. The highest BCUT2D eigenvalue weighted by Crippen LogP contribution is 2.36. The Morgan fingerprint density at radius 3 is 1.54 bits per heavy atom. The Labute approximate surface area is 143 Å². The van der Waals surface area contributed by atoms with Gasteiger partial charge >= 0.3 is 0 Å². The summed E-state index contributed by atoms with van der Waals surface area (Å²) in [6, 6.07) is 30.3. The molecular weight excluding hydrogens is 311 g/mol. The zero-order valence-corrected chi connectivity index (χ0v) is 14.5. The van der Waals surface area contributed by atoms with E-state index in [1.807, 2.05) is 0 Å². The largest absolute Gasteiger partial charge is 0.350 e. The van der Waals surface area contributed by atoms with Gasteiger partial charge in [-0.1, -0.05) is 72.8 Å². The molecule has 4 rings (SSSR count). The van der Waals surface area contributed by atoms with Crippen LogP contribution in [-0.2, 0) is 4.52 Å². The van der Waals surface area contributed by atoms with Crippen molar-refractivity contribution in [1.82, 2.24) is 0 Å². The molecule has 0 fully saturated rings. The summed E-state index contributed by atoms with van der Waals surface area (Å²) in [6.45, 7) is 2.78. The van der Waals surface area contributed by atoms with Gasteiger partial charge in [-0.2, -0.15) is 0 Å². The summed E-state index contributed by atoms with van der Waals surface area (Å²) in [7, 11) is -0.797. The number of fused-ring (bicyclic) bond motifs is 2. The Morgan fingerprint density at radius 1 is 0.625 bits per heavy atom. The lowest BCUT2D eigenvalue weighted by molar-refractivity contribution is 0.388. The van der Waals surface area contributed by atoms with Crippen molar-refractivity contribution >= 4 is 40.3 Å². The van der Waals surface area contributed by atoms with E-state index in [1.54, 1.807) is 0 Å². The molecule has 0 aliphatic heterocycles. The van der Waals surface area contributed by atoms with Gasteiger partial charge in [0.15, 0.2) is 0 Å². The van der Waals surface area contributed by atoms with Crippen molar-refractivity contribution in [3.63, 3.8) is 0 Å². The van der Waals surface area contributed by atoms with Gasteiger partial charge in [-0.05, 0) is 40.6 Å². The smallest absolute Gasteiger partial charge is 0.0917 e. The first-order valence-corrected chi connectivity index (χ1v) is 9.52. The lowest BCUT2D eigenvalue weighted by Crippen LogP contribution is -2.14. The average molecular weight is 330 g/mol. The van der Waals surface area contributed by atoms with E-state index in [0.29, 0.717) is 6.61 Å². The van der Waals surface area contributed by atoms with Crippen LogP contribution in [0.3, 0.4) is 0 Å². The van der Waals surface area contributed by atoms with Gasteiger partial charge in [0.25, 0.3) is 0 Å². The zero-order chi connectivity index (χ0) is 16.4. The van der Waals surface area contributed by atoms with Crippen LogP contribution in [0.2, 0.25) is 0 Å². The SMILES string of the molecule is CCOP(c1ccc2ccccc2c1)c1ccc2ccccc2c1. The minimum atomic E-state index is -0.797. The fraction of sp³-hybridized carbons (Fsp3) is 0.0909. The van der Waals surface area contributed by atoms with E-state index in [1.165, 1.54) is 32.2 Å². The highest BCUT2D eigenvalue weighted by molar-refractivity contribution is 7.68. The lowest BCUT2D eigenvalue weighted by atomic mass is 10.1. The summed E-state index contributed by atoms with van der Waals surface area (Å²) >= 11 is 0. The van der Waals surface area contributed by atoms with Gasteiger partial charge < -0.3 is 4.52 Å². The van der Waals surface area contributed by atoms with Crippen molar-refractivity contribution in [2.75, 3.05) is 6.61 Å². The molecular formula is C22H19OP. The summed E-state index contributed by atoms with van der Waals surface area (Å²) in [5, 5.41) is 7.60. The van der Waals surface area contributed by atoms with E-state index in [4.69, 9.17) is 4.52 Å². The third-order valence-corrected chi connectivity index (χ3v) is 6.20. The van der Waals surface area contributed by atoms with Crippen molar-refractivity contribution in [2.24, 2.45) is 0 Å². The predicted octanol–water partition coefficient (Wildman–Crippen LogP) is 5.38. The van der Waals surface area contributed by atoms with Crippen LogP contribution in [0.5, 0.6) is 0 Å². The van der Waals surface area contributed by atoms with E-state index < -0.39 is 8.15 Å². The van der Waals surface area contributed by atoms with Crippen LogP contribution in [0.4, 0.5) is 0 Å². The van der Waals surface area contributed by atoms with Crippen LogP contribution >= 0.6 is 8.15 Å². The second-order valence-electron chi connectivity index (χ2n) is 5.78. The molecule has 0 amide bonds. The molecule has 0 spiro atoms. The van der Waals surface area contributed by atoms with Crippen molar-refractivity contribution in [3.05, 3.63) is 84.9 Å². The van der Waals surface area contributed by atoms with E-state index in [-0.39, 0.29) is 0 Å². The monoisotopic (exact) mass is 330 g/mol. The van der Waals surface area contributed by atoms with E-state index in [2.05, 4.69) is 91.9 Å². The van der Waals surface area contributed by atoms with Gasteiger partial charge in [-0.25, -0.2) is 0 Å². The standard InChI is InChI=1S/C22H19OP/c1-2-23-24(21-13-11-17-7-3-5-9-19(17)15-21)22-14-12-18-8-4-6-10-20(18)16-22/h3-16H,2H2,1H3. The molecule has 2 heteroatoms. The topological polar surface area (TPSA) is 9.23 Å². The summed E-state index contributed by atoms with van der Waals surface area (Å²) in [6.07, 6.45) is 0. The van der Waals surface area contributed by atoms with Crippen molar-refractivity contribution in [3.8, 4) is 0 Å². The molecule has 0 unspecified atom stereocenters. The quantitative estimate of drug-likeness (QED) is 0.457. The maximum Gasteiger partial charge on any atom is 0.0917 e. The van der Waals surface area contributed by atoms with Crippen molar-refractivity contribution in [2.45, 2.75) is 6.92 Å². The molecule has 118 valence electrons. The van der Waals surface area contributed by atoms with Crippen LogP contribution in [-0.4, -0.2) is 6.61 Å². The lowest BCUT2D eigenvalue weighted by Gasteiger charge is -2.18. The van der Waals surface area contributed by atoms with Crippen LogP contribution < -0.4 is 10.6 Å². The van der Waals surface area contributed by atoms with Gasteiger partial charge in [0.1, 0.15) is 0 Å². The summed E-state index contributed by atoms with van der Waals surface area (Å²) in [5.41, 5.74) is 0. The number of hydrogen-bond acceptors (Lipinski definition) is 1.